The molecule has 9 heteroatoms. The maximum atomic E-state index is 11.8. The summed E-state index contributed by atoms with van der Waals surface area (Å²) in [6.45, 7) is 1.97. The first-order valence-corrected chi connectivity index (χ1v) is 7.69. The number of benzene rings is 2. The summed E-state index contributed by atoms with van der Waals surface area (Å²) in [5.74, 6) is 0.253. The standard InChI is InChI=1S/C17H18N4O5/c1-3-26-16-14(21(23)24)9-12(10-15(16)25-2)11-18-20-17(22)19-13-7-5-4-6-8-13/h4-11H,3H2,1-2H3,(H2,19,20,22)/b18-11+. The van der Waals surface area contributed by atoms with Crippen LogP contribution in [0.15, 0.2) is 47.6 Å². The van der Waals surface area contributed by atoms with Crippen LogP contribution < -0.4 is 20.2 Å². The van der Waals surface area contributed by atoms with E-state index in [9.17, 15) is 14.9 Å². The Bertz CT molecular complexity index is 808. The fourth-order valence-electron chi connectivity index (χ4n) is 2.11. The zero-order chi connectivity index (χ0) is 18.9. The van der Waals surface area contributed by atoms with Crippen molar-refractivity contribution in [2.75, 3.05) is 19.0 Å². The molecule has 0 radical (unpaired) electrons. The highest BCUT2D eigenvalue weighted by Gasteiger charge is 2.21. The van der Waals surface area contributed by atoms with E-state index in [0.717, 1.165) is 0 Å². The Morgan fingerprint density at radius 1 is 1.31 bits per heavy atom. The second-order valence-corrected chi connectivity index (χ2v) is 4.95. The van der Waals surface area contributed by atoms with Gasteiger partial charge in [0.2, 0.25) is 5.75 Å². The molecule has 0 atom stereocenters. The molecule has 9 nitrogen and oxygen atoms in total. The van der Waals surface area contributed by atoms with Gasteiger partial charge in [-0.1, -0.05) is 18.2 Å². The number of hydrogen-bond donors (Lipinski definition) is 2. The highest BCUT2D eigenvalue weighted by molar-refractivity contribution is 5.90. The lowest BCUT2D eigenvalue weighted by Gasteiger charge is -2.10. The minimum absolute atomic E-state index is 0.0481. The van der Waals surface area contributed by atoms with Gasteiger partial charge in [0.05, 0.1) is 24.9 Å². The summed E-state index contributed by atoms with van der Waals surface area (Å²) >= 11 is 0. The number of carbonyl (C=O) groups is 1. The van der Waals surface area contributed by atoms with Crippen molar-refractivity contribution < 1.29 is 19.2 Å². The number of amides is 2. The van der Waals surface area contributed by atoms with E-state index >= 15 is 0 Å². The molecule has 136 valence electrons. The molecule has 0 saturated heterocycles. The summed E-state index contributed by atoms with van der Waals surface area (Å²) in [7, 11) is 1.38. The van der Waals surface area contributed by atoms with E-state index < -0.39 is 11.0 Å². The van der Waals surface area contributed by atoms with E-state index in [1.807, 2.05) is 6.07 Å². The first-order chi connectivity index (χ1) is 12.5. The molecule has 0 unspecified atom stereocenters. The highest BCUT2D eigenvalue weighted by Crippen LogP contribution is 2.37. The Labute approximate surface area is 149 Å². The minimum atomic E-state index is -0.569. The molecule has 26 heavy (non-hydrogen) atoms. The average Bonchev–Trinajstić information content (AvgIpc) is 2.63. The zero-order valence-corrected chi connectivity index (χ0v) is 14.3. The number of methoxy groups -OCH3 is 1. The number of ether oxygens (including phenoxy) is 2. The highest BCUT2D eigenvalue weighted by atomic mass is 16.6. The molecule has 0 spiro atoms. The lowest BCUT2D eigenvalue weighted by atomic mass is 10.2. The van der Waals surface area contributed by atoms with Crippen molar-refractivity contribution in [1.82, 2.24) is 5.43 Å². The number of nitro benzene ring substituents is 1. The van der Waals surface area contributed by atoms with Crippen LogP contribution in [0.5, 0.6) is 11.5 Å². The number of para-hydroxylation sites is 1. The van der Waals surface area contributed by atoms with Crippen molar-refractivity contribution >= 4 is 23.6 Å². The molecule has 2 aromatic rings. The normalized spacial score (nSPS) is 10.4. The number of carbonyl (C=O) groups excluding carboxylic acids is 1. The summed E-state index contributed by atoms with van der Waals surface area (Å²) in [4.78, 5) is 22.4. The molecule has 2 aromatic carbocycles. The summed E-state index contributed by atoms with van der Waals surface area (Å²) in [6.07, 6.45) is 1.27. The molecular formula is C17H18N4O5. The fourth-order valence-corrected chi connectivity index (χ4v) is 2.11. The Morgan fingerprint density at radius 2 is 2.04 bits per heavy atom. The maximum absolute atomic E-state index is 11.8. The molecule has 0 heterocycles. The quantitative estimate of drug-likeness (QED) is 0.448. The zero-order valence-electron chi connectivity index (χ0n) is 14.3. The SMILES string of the molecule is CCOc1c(OC)cc(/C=N/NC(=O)Nc2ccccc2)cc1[N+](=O)[O-]. The average molecular weight is 358 g/mol. The number of nitrogens with zero attached hydrogens (tertiary/aromatic N) is 2. The van der Waals surface area contributed by atoms with Gasteiger partial charge < -0.3 is 14.8 Å². The number of anilines is 1. The molecule has 0 aliphatic carbocycles. The van der Waals surface area contributed by atoms with E-state index in [-0.39, 0.29) is 23.8 Å². The van der Waals surface area contributed by atoms with Crippen LogP contribution >= 0.6 is 0 Å². The first kappa shape index (κ1) is 18.7. The Hall–Kier alpha value is -3.62. The molecular weight excluding hydrogens is 340 g/mol. The Balaban J connectivity index is 2.13. The van der Waals surface area contributed by atoms with E-state index in [1.165, 1.54) is 25.5 Å². The summed E-state index contributed by atoms with van der Waals surface area (Å²) in [6, 6.07) is 11.1. The molecule has 2 rings (SSSR count). The van der Waals surface area contributed by atoms with E-state index in [4.69, 9.17) is 9.47 Å². The molecule has 0 bridgehead atoms. The topological polar surface area (TPSA) is 115 Å². The summed E-state index contributed by atoms with van der Waals surface area (Å²) < 4.78 is 10.4. The van der Waals surface area contributed by atoms with Crippen LogP contribution in [0.25, 0.3) is 0 Å². The van der Waals surface area contributed by atoms with E-state index in [1.54, 1.807) is 31.2 Å². The Morgan fingerprint density at radius 3 is 2.65 bits per heavy atom. The van der Waals surface area contributed by atoms with Gasteiger partial charge >= 0.3 is 11.7 Å². The predicted octanol–water partition coefficient (Wildman–Crippen LogP) is 3.16. The van der Waals surface area contributed by atoms with Crippen molar-refractivity contribution in [1.29, 1.82) is 0 Å². The van der Waals surface area contributed by atoms with Gasteiger partial charge in [0, 0.05) is 17.3 Å². The second-order valence-electron chi connectivity index (χ2n) is 4.95. The molecule has 0 aliphatic rings. The number of urea groups is 1. The largest absolute Gasteiger partial charge is 0.493 e. The summed E-state index contributed by atoms with van der Waals surface area (Å²) in [5.41, 5.74) is 3.02. The van der Waals surface area contributed by atoms with E-state index in [0.29, 0.717) is 11.3 Å². The molecule has 2 amide bonds. The third kappa shape index (κ3) is 4.94. The molecule has 2 N–H and O–H groups in total. The van der Waals surface area contributed by atoms with Crippen LogP contribution in [0, 0.1) is 10.1 Å². The monoisotopic (exact) mass is 358 g/mol. The minimum Gasteiger partial charge on any atom is -0.493 e. The van der Waals surface area contributed by atoms with Crippen LogP contribution in [0.1, 0.15) is 12.5 Å². The fraction of sp³-hybridized carbons (Fsp3) is 0.176. The van der Waals surface area contributed by atoms with Crippen molar-refractivity contribution in [2.45, 2.75) is 6.92 Å². The molecule has 0 fully saturated rings. The second kappa shape index (κ2) is 9.02. The Kier molecular flexibility index (Phi) is 6.49. The van der Waals surface area contributed by atoms with Crippen LogP contribution in [-0.2, 0) is 0 Å². The smallest absolute Gasteiger partial charge is 0.339 e. The van der Waals surface area contributed by atoms with Gasteiger partial charge in [0.25, 0.3) is 0 Å². The van der Waals surface area contributed by atoms with Crippen molar-refractivity contribution in [3.63, 3.8) is 0 Å². The lowest BCUT2D eigenvalue weighted by Crippen LogP contribution is -2.24. The molecule has 0 aromatic heterocycles. The summed E-state index contributed by atoms with van der Waals surface area (Å²) in [5, 5.41) is 17.6. The van der Waals surface area contributed by atoms with Gasteiger partial charge in [-0.15, -0.1) is 0 Å². The third-order valence-electron chi connectivity index (χ3n) is 3.17. The molecule has 0 saturated carbocycles. The van der Waals surface area contributed by atoms with Gasteiger partial charge in [-0.3, -0.25) is 10.1 Å². The maximum Gasteiger partial charge on any atom is 0.339 e. The van der Waals surface area contributed by atoms with Crippen molar-refractivity contribution in [3.8, 4) is 11.5 Å². The number of hydrazone groups is 1. The van der Waals surface area contributed by atoms with Gasteiger partial charge in [0.15, 0.2) is 5.75 Å². The van der Waals surface area contributed by atoms with Crippen LogP contribution in [0.4, 0.5) is 16.2 Å². The van der Waals surface area contributed by atoms with Crippen molar-refractivity contribution in [3.05, 3.63) is 58.1 Å². The number of rotatable bonds is 7. The van der Waals surface area contributed by atoms with Gasteiger partial charge in [-0.05, 0) is 25.1 Å². The van der Waals surface area contributed by atoms with Crippen LogP contribution in [0.3, 0.4) is 0 Å². The van der Waals surface area contributed by atoms with Crippen LogP contribution in [-0.4, -0.2) is 30.9 Å². The van der Waals surface area contributed by atoms with Gasteiger partial charge in [0.1, 0.15) is 0 Å². The van der Waals surface area contributed by atoms with Gasteiger partial charge in [-0.25, -0.2) is 10.2 Å². The number of nitrogens with one attached hydrogen (secondary N) is 2. The predicted molar refractivity (Wildman–Crippen MR) is 97.0 cm³/mol. The van der Waals surface area contributed by atoms with Crippen molar-refractivity contribution in [2.24, 2.45) is 5.10 Å². The molecule has 0 aliphatic heterocycles. The number of nitro groups is 1. The lowest BCUT2D eigenvalue weighted by molar-refractivity contribution is -0.385. The van der Waals surface area contributed by atoms with E-state index in [2.05, 4.69) is 15.8 Å². The third-order valence-corrected chi connectivity index (χ3v) is 3.17. The van der Waals surface area contributed by atoms with Crippen LogP contribution in [0.2, 0.25) is 0 Å². The van der Waals surface area contributed by atoms with Gasteiger partial charge in [-0.2, -0.15) is 5.10 Å². The number of hydrogen-bond acceptors (Lipinski definition) is 6. The first-order valence-electron chi connectivity index (χ1n) is 7.69.